The lowest BCUT2D eigenvalue weighted by molar-refractivity contribution is 0.592. The minimum absolute atomic E-state index is 0.0369. The summed E-state index contributed by atoms with van der Waals surface area (Å²) < 4.78 is 40.0. The quantitative estimate of drug-likeness (QED) is 0.464. The number of nitrogens with zero attached hydrogens (tertiary/aromatic N) is 3. The molecule has 0 saturated carbocycles. The molecule has 0 saturated heterocycles. The van der Waals surface area contributed by atoms with E-state index in [1.165, 1.54) is 41.4 Å². The van der Waals surface area contributed by atoms with E-state index in [4.69, 9.17) is 11.6 Å². The van der Waals surface area contributed by atoms with Crippen LogP contribution in [-0.2, 0) is 15.8 Å². The van der Waals surface area contributed by atoms with Gasteiger partial charge < -0.3 is 0 Å². The first-order valence-corrected chi connectivity index (χ1v) is 10.7. The van der Waals surface area contributed by atoms with Crippen LogP contribution in [-0.4, -0.2) is 25.4 Å². The summed E-state index contributed by atoms with van der Waals surface area (Å²) in [7, 11) is -2.25. The highest BCUT2D eigenvalue weighted by Crippen LogP contribution is 2.42. The van der Waals surface area contributed by atoms with Gasteiger partial charge in [-0.15, -0.1) is 0 Å². The molecule has 0 atom stereocenters. The van der Waals surface area contributed by atoms with Gasteiger partial charge in [0.2, 0.25) is 0 Å². The van der Waals surface area contributed by atoms with E-state index in [0.29, 0.717) is 32.9 Å². The van der Waals surface area contributed by atoms with Gasteiger partial charge in [-0.2, -0.15) is 0 Å². The van der Waals surface area contributed by atoms with Crippen molar-refractivity contribution in [3.63, 3.8) is 0 Å². The normalized spacial score (nSPS) is 14.6. The molecule has 1 aliphatic rings. The molecule has 1 aliphatic heterocycles. The summed E-state index contributed by atoms with van der Waals surface area (Å²) in [5.74, 6) is 0.156. The lowest BCUT2D eigenvalue weighted by Crippen LogP contribution is -2.31. The monoisotopic (exact) mass is 421 g/mol. The van der Waals surface area contributed by atoms with E-state index in [1.54, 1.807) is 24.3 Å². The SMILES string of the molecule is CN1c2ccc(Cl)cc2-c2nc(SCc3cccc(F)c3)ncc2S1(=O)=O. The molecule has 3 aromatic rings. The Kier molecular flexibility index (Phi) is 4.57. The standard InChI is InChI=1S/C18H13ClFN3O2S2/c1-23-15-6-5-12(19)8-14(15)17-16(27(23,24)25)9-21-18(22-17)26-10-11-3-2-4-13(20)7-11/h2-9H,10H2,1H3. The van der Waals surface area contributed by atoms with Crippen molar-refractivity contribution in [1.82, 2.24) is 9.97 Å². The molecule has 0 aliphatic carbocycles. The molecule has 0 amide bonds. The summed E-state index contributed by atoms with van der Waals surface area (Å²) in [5.41, 5.74) is 2.25. The largest absolute Gasteiger partial charge is 0.269 e. The molecular formula is C18H13ClFN3O2S2. The number of benzene rings is 2. The highest BCUT2D eigenvalue weighted by atomic mass is 35.5. The smallest absolute Gasteiger partial charge is 0.267 e. The maximum Gasteiger partial charge on any atom is 0.267 e. The van der Waals surface area contributed by atoms with Gasteiger partial charge in [0.05, 0.1) is 17.6 Å². The van der Waals surface area contributed by atoms with Crippen molar-refractivity contribution in [3.8, 4) is 11.3 Å². The number of hydrogen-bond acceptors (Lipinski definition) is 5. The summed E-state index contributed by atoms with van der Waals surface area (Å²) in [4.78, 5) is 8.67. The fourth-order valence-electron chi connectivity index (χ4n) is 2.83. The first-order valence-electron chi connectivity index (χ1n) is 7.89. The Labute approximate surface area is 165 Å². The lowest BCUT2D eigenvalue weighted by Gasteiger charge is -2.28. The van der Waals surface area contributed by atoms with Gasteiger partial charge >= 0.3 is 0 Å². The van der Waals surface area contributed by atoms with Gasteiger partial charge in [-0.05, 0) is 35.9 Å². The number of anilines is 1. The maximum absolute atomic E-state index is 13.3. The molecule has 5 nitrogen and oxygen atoms in total. The molecule has 27 heavy (non-hydrogen) atoms. The molecule has 138 valence electrons. The minimum Gasteiger partial charge on any atom is -0.269 e. The molecule has 0 fully saturated rings. The van der Waals surface area contributed by atoms with Crippen LogP contribution in [0.3, 0.4) is 0 Å². The molecule has 0 spiro atoms. The van der Waals surface area contributed by atoms with Gasteiger partial charge in [0.25, 0.3) is 10.0 Å². The van der Waals surface area contributed by atoms with Crippen LogP contribution < -0.4 is 4.31 Å². The summed E-state index contributed by atoms with van der Waals surface area (Å²) in [5, 5.41) is 0.892. The van der Waals surface area contributed by atoms with Gasteiger partial charge in [-0.3, -0.25) is 4.31 Å². The third-order valence-electron chi connectivity index (χ3n) is 4.18. The first kappa shape index (κ1) is 18.2. The number of halogens is 2. The number of hydrogen-bond donors (Lipinski definition) is 0. The Bertz CT molecular complexity index is 1160. The molecule has 0 unspecified atom stereocenters. The van der Waals surface area contributed by atoms with Crippen LogP contribution >= 0.6 is 23.4 Å². The topological polar surface area (TPSA) is 63.2 Å². The third-order valence-corrected chi connectivity index (χ3v) is 7.12. The van der Waals surface area contributed by atoms with Gasteiger partial charge in [0, 0.05) is 23.4 Å². The molecule has 9 heteroatoms. The zero-order valence-corrected chi connectivity index (χ0v) is 16.4. The van der Waals surface area contributed by atoms with Gasteiger partial charge in [-0.1, -0.05) is 35.5 Å². The van der Waals surface area contributed by atoms with E-state index in [2.05, 4.69) is 9.97 Å². The van der Waals surface area contributed by atoms with Crippen molar-refractivity contribution >= 4 is 39.1 Å². The highest BCUT2D eigenvalue weighted by Gasteiger charge is 2.34. The molecular weight excluding hydrogens is 409 g/mol. The molecule has 0 radical (unpaired) electrons. The van der Waals surface area contributed by atoms with E-state index < -0.39 is 10.0 Å². The second-order valence-electron chi connectivity index (χ2n) is 5.92. The van der Waals surface area contributed by atoms with Crippen LogP contribution in [0.25, 0.3) is 11.3 Å². The Balaban J connectivity index is 1.75. The molecule has 1 aromatic heterocycles. The predicted molar refractivity (Wildman–Crippen MR) is 104 cm³/mol. The fraction of sp³-hybridized carbons (Fsp3) is 0.111. The van der Waals surface area contributed by atoms with Crippen LogP contribution in [0.2, 0.25) is 5.02 Å². The van der Waals surface area contributed by atoms with Crippen LogP contribution in [0.4, 0.5) is 10.1 Å². The van der Waals surface area contributed by atoms with E-state index in [-0.39, 0.29) is 10.7 Å². The number of aromatic nitrogens is 2. The summed E-state index contributed by atoms with van der Waals surface area (Å²) >= 11 is 7.41. The zero-order valence-electron chi connectivity index (χ0n) is 14.1. The highest BCUT2D eigenvalue weighted by molar-refractivity contribution is 7.98. The van der Waals surface area contributed by atoms with Gasteiger partial charge in [0.1, 0.15) is 10.7 Å². The van der Waals surface area contributed by atoms with E-state index in [1.807, 2.05) is 6.07 Å². The second-order valence-corrected chi connectivity index (χ2v) is 9.23. The Morgan fingerprint density at radius 1 is 1.22 bits per heavy atom. The summed E-state index contributed by atoms with van der Waals surface area (Å²) in [6.07, 6.45) is 1.31. The van der Waals surface area contributed by atoms with E-state index >= 15 is 0 Å². The Morgan fingerprint density at radius 2 is 2.04 bits per heavy atom. The van der Waals surface area contributed by atoms with E-state index in [0.717, 1.165) is 5.56 Å². The fourth-order valence-corrected chi connectivity index (χ4v) is 5.06. The molecule has 0 bridgehead atoms. The predicted octanol–water partition coefficient (Wildman–Crippen LogP) is 4.37. The number of rotatable bonds is 3. The average Bonchev–Trinajstić information content (AvgIpc) is 2.64. The van der Waals surface area contributed by atoms with Crippen molar-refractivity contribution < 1.29 is 12.8 Å². The van der Waals surface area contributed by atoms with Crippen LogP contribution in [0.5, 0.6) is 0 Å². The van der Waals surface area contributed by atoms with Crippen molar-refractivity contribution in [2.45, 2.75) is 15.8 Å². The number of thioether (sulfide) groups is 1. The zero-order chi connectivity index (χ0) is 19.2. The first-order chi connectivity index (χ1) is 12.9. The number of sulfonamides is 1. The van der Waals surface area contributed by atoms with Crippen LogP contribution in [0.15, 0.2) is 58.7 Å². The summed E-state index contributed by atoms with van der Waals surface area (Å²) in [6, 6.07) is 11.3. The molecule has 2 heterocycles. The van der Waals surface area contributed by atoms with Crippen LogP contribution in [0.1, 0.15) is 5.56 Å². The summed E-state index contributed by atoms with van der Waals surface area (Å²) in [6.45, 7) is 0. The van der Waals surface area contributed by atoms with Crippen molar-refractivity contribution in [1.29, 1.82) is 0 Å². The van der Waals surface area contributed by atoms with Gasteiger partial charge in [0.15, 0.2) is 5.16 Å². The third kappa shape index (κ3) is 3.28. The minimum atomic E-state index is -3.73. The second kappa shape index (κ2) is 6.78. The van der Waals surface area contributed by atoms with Crippen molar-refractivity contribution in [3.05, 3.63) is 65.1 Å². The lowest BCUT2D eigenvalue weighted by atomic mass is 10.1. The molecule has 2 aromatic carbocycles. The van der Waals surface area contributed by atoms with Crippen LogP contribution in [0, 0.1) is 5.82 Å². The van der Waals surface area contributed by atoms with E-state index in [9.17, 15) is 12.8 Å². The molecule has 0 N–H and O–H groups in total. The maximum atomic E-state index is 13.3. The molecule has 4 rings (SSSR count). The van der Waals surface area contributed by atoms with Crippen molar-refractivity contribution in [2.24, 2.45) is 0 Å². The average molecular weight is 422 g/mol. The Morgan fingerprint density at radius 3 is 2.81 bits per heavy atom. The van der Waals surface area contributed by atoms with Gasteiger partial charge in [-0.25, -0.2) is 22.8 Å². The Hall–Kier alpha value is -2.16. The van der Waals surface area contributed by atoms with Crippen molar-refractivity contribution in [2.75, 3.05) is 11.4 Å². The number of fused-ring (bicyclic) bond motifs is 3.